The molecule has 0 bridgehead atoms. The molecule has 3 rings (SSSR count). The van der Waals surface area contributed by atoms with E-state index in [2.05, 4.69) is 79.7 Å². The number of aryl methyl sites for hydroxylation is 2. The Bertz CT molecular complexity index is 1360. The zero-order valence-corrected chi connectivity index (χ0v) is 29.8. The third kappa shape index (κ3) is 11.8. The fourth-order valence-corrected chi connectivity index (χ4v) is 5.94. The summed E-state index contributed by atoms with van der Waals surface area (Å²) in [5.74, 6) is 1.21. The zero-order valence-electron chi connectivity index (χ0n) is 29.8. The van der Waals surface area contributed by atoms with E-state index in [0.717, 1.165) is 41.6 Å². The van der Waals surface area contributed by atoms with E-state index in [1.165, 1.54) is 30.4 Å². The maximum absolute atomic E-state index is 12.8. The SMILES string of the molecule is CCCCCc1ccc(-c2cc3ccc(OCCCC(O)C(O)CCCOC(=O)C(CC(C)(C)C)C(C)(C)C)cc3o2)c(CC)c1. The van der Waals surface area contributed by atoms with Crippen molar-refractivity contribution in [2.75, 3.05) is 13.2 Å². The molecule has 256 valence electrons. The number of aliphatic hydroxyl groups is 2. The van der Waals surface area contributed by atoms with Crippen molar-refractivity contribution in [3.8, 4) is 17.1 Å². The minimum Gasteiger partial charge on any atom is -0.493 e. The molecule has 2 N–H and O–H groups in total. The number of ether oxygens (including phenoxy) is 2. The summed E-state index contributed by atoms with van der Waals surface area (Å²) >= 11 is 0. The lowest BCUT2D eigenvalue weighted by atomic mass is 9.72. The number of furan rings is 1. The molecule has 2 aromatic carbocycles. The standard InChI is InChI=1S/C40H60O6/c1-9-11-12-15-28-18-21-32(29(10-2)24-28)37-25-30-19-20-31(26-36(30)46-37)44-22-13-16-34(41)35(42)17-14-23-45-38(43)33(40(6,7)8)27-39(3,4)5/h18-21,24-26,33-35,41-42H,9-17,22-23,27H2,1-8H3. The highest BCUT2D eigenvalue weighted by atomic mass is 16.5. The van der Waals surface area contributed by atoms with Gasteiger partial charge in [-0.25, -0.2) is 0 Å². The van der Waals surface area contributed by atoms with Crippen LogP contribution in [0.5, 0.6) is 5.75 Å². The first-order valence-electron chi connectivity index (χ1n) is 17.5. The van der Waals surface area contributed by atoms with E-state index in [0.29, 0.717) is 38.0 Å². The molecule has 0 aliphatic rings. The summed E-state index contributed by atoms with van der Waals surface area (Å²) in [5, 5.41) is 22.0. The molecule has 46 heavy (non-hydrogen) atoms. The second-order valence-electron chi connectivity index (χ2n) is 15.2. The summed E-state index contributed by atoms with van der Waals surface area (Å²) in [6.07, 6.45) is 6.68. The van der Waals surface area contributed by atoms with Gasteiger partial charge in [-0.2, -0.15) is 0 Å². The molecule has 1 heterocycles. The van der Waals surface area contributed by atoms with Crippen LogP contribution in [0.25, 0.3) is 22.3 Å². The molecule has 0 radical (unpaired) electrons. The van der Waals surface area contributed by atoms with Crippen molar-refractivity contribution >= 4 is 16.9 Å². The van der Waals surface area contributed by atoms with Crippen LogP contribution in [0.15, 0.2) is 46.9 Å². The Morgan fingerprint density at radius 1 is 0.848 bits per heavy atom. The summed E-state index contributed by atoms with van der Waals surface area (Å²) in [4.78, 5) is 12.8. The summed E-state index contributed by atoms with van der Waals surface area (Å²) in [5.41, 5.74) is 4.45. The molecule has 3 aromatic rings. The van der Waals surface area contributed by atoms with Crippen LogP contribution in [0.4, 0.5) is 0 Å². The van der Waals surface area contributed by atoms with Crippen LogP contribution >= 0.6 is 0 Å². The topological polar surface area (TPSA) is 89.1 Å². The molecule has 1 aromatic heterocycles. The Hall–Kier alpha value is -2.83. The molecule has 0 spiro atoms. The van der Waals surface area contributed by atoms with Crippen LogP contribution in [0.1, 0.15) is 118 Å². The fourth-order valence-electron chi connectivity index (χ4n) is 5.94. The normalized spacial score (nSPS) is 14.3. The number of esters is 1. The average Bonchev–Trinajstić information content (AvgIpc) is 3.42. The predicted octanol–water partition coefficient (Wildman–Crippen LogP) is 9.70. The smallest absolute Gasteiger partial charge is 0.309 e. The van der Waals surface area contributed by atoms with Gasteiger partial charge in [0.2, 0.25) is 0 Å². The van der Waals surface area contributed by atoms with Crippen molar-refractivity contribution in [2.45, 2.75) is 132 Å². The maximum atomic E-state index is 12.8. The van der Waals surface area contributed by atoms with E-state index in [1.54, 1.807) is 0 Å². The first-order valence-corrected chi connectivity index (χ1v) is 17.5. The average molecular weight is 637 g/mol. The van der Waals surface area contributed by atoms with Crippen molar-refractivity contribution in [1.82, 2.24) is 0 Å². The maximum Gasteiger partial charge on any atom is 0.309 e. The van der Waals surface area contributed by atoms with Gasteiger partial charge < -0.3 is 24.1 Å². The van der Waals surface area contributed by atoms with E-state index in [-0.39, 0.29) is 29.3 Å². The Kier molecular flexibility index (Phi) is 14.2. The number of carbonyl (C=O) groups is 1. The van der Waals surface area contributed by atoms with Gasteiger partial charge >= 0.3 is 5.97 Å². The number of fused-ring (bicyclic) bond motifs is 1. The number of hydrogen-bond acceptors (Lipinski definition) is 6. The lowest BCUT2D eigenvalue weighted by molar-refractivity contribution is -0.154. The second kappa shape index (κ2) is 17.4. The molecule has 0 aliphatic carbocycles. The largest absolute Gasteiger partial charge is 0.493 e. The Balaban J connectivity index is 1.43. The van der Waals surface area contributed by atoms with E-state index in [9.17, 15) is 15.0 Å². The minimum absolute atomic E-state index is 0.0231. The molecule has 0 saturated heterocycles. The molecular weight excluding hydrogens is 576 g/mol. The van der Waals surface area contributed by atoms with Crippen molar-refractivity contribution in [2.24, 2.45) is 16.7 Å². The highest BCUT2D eigenvalue weighted by molar-refractivity contribution is 5.84. The van der Waals surface area contributed by atoms with E-state index >= 15 is 0 Å². The molecule has 0 fully saturated rings. The third-order valence-electron chi connectivity index (χ3n) is 8.77. The minimum atomic E-state index is -0.872. The van der Waals surface area contributed by atoms with Gasteiger partial charge in [-0.1, -0.05) is 86.4 Å². The molecule has 6 nitrogen and oxygen atoms in total. The first kappa shape index (κ1) is 37.6. The van der Waals surface area contributed by atoms with Gasteiger partial charge in [0.1, 0.15) is 17.1 Å². The van der Waals surface area contributed by atoms with Crippen LogP contribution in [0.3, 0.4) is 0 Å². The van der Waals surface area contributed by atoms with Gasteiger partial charge in [0.25, 0.3) is 0 Å². The quantitative estimate of drug-likeness (QED) is 0.107. The molecule has 3 unspecified atom stereocenters. The van der Waals surface area contributed by atoms with Crippen LogP contribution in [0, 0.1) is 16.7 Å². The first-order chi connectivity index (χ1) is 21.7. The number of unbranched alkanes of at least 4 members (excludes halogenated alkanes) is 2. The highest BCUT2D eigenvalue weighted by Gasteiger charge is 2.35. The molecule has 0 amide bonds. The summed E-state index contributed by atoms with van der Waals surface area (Å²) in [7, 11) is 0. The lowest BCUT2D eigenvalue weighted by Crippen LogP contribution is -2.34. The predicted molar refractivity (Wildman–Crippen MR) is 188 cm³/mol. The van der Waals surface area contributed by atoms with Gasteiger partial charge in [0.05, 0.1) is 31.3 Å². The highest BCUT2D eigenvalue weighted by Crippen LogP contribution is 2.37. The van der Waals surface area contributed by atoms with Gasteiger partial charge in [-0.3, -0.25) is 4.79 Å². The number of aliphatic hydroxyl groups excluding tert-OH is 2. The van der Waals surface area contributed by atoms with Crippen LogP contribution in [0.2, 0.25) is 0 Å². The summed E-state index contributed by atoms with van der Waals surface area (Å²) in [6, 6.07) is 14.7. The van der Waals surface area contributed by atoms with E-state index in [4.69, 9.17) is 13.9 Å². The monoisotopic (exact) mass is 636 g/mol. The lowest BCUT2D eigenvalue weighted by Gasteiger charge is -2.33. The summed E-state index contributed by atoms with van der Waals surface area (Å²) in [6.45, 7) is 17.7. The molecular formula is C40H60O6. The van der Waals surface area contributed by atoms with Crippen LogP contribution < -0.4 is 4.74 Å². The van der Waals surface area contributed by atoms with E-state index in [1.807, 2.05) is 18.2 Å². The molecule has 6 heteroatoms. The number of rotatable bonds is 18. The third-order valence-corrected chi connectivity index (χ3v) is 8.77. The van der Waals surface area contributed by atoms with Gasteiger partial charge in [-0.05, 0) is 91.5 Å². The van der Waals surface area contributed by atoms with Gasteiger partial charge in [0, 0.05) is 17.0 Å². The van der Waals surface area contributed by atoms with Crippen molar-refractivity contribution in [3.63, 3.8) is 0 Å². The van der Waals surface area contributed by atoms with Gasteiger partial charge in [-0.15, -0.1) is 0 Å². The van der Waals surface area contributed by atoms with E-state index < -0.39 is 12.2 Å². The summed E-state index contributed by atoms with van der Waals surface area (Å²) < 4.78 is 17.8. The number of benzene rings is 2. The Morgan fingerprint density at radius 2 is 1.54 bits per heavy atom. The Labute approximate surface area is 277 Å². The van der Waals surface area contributed by atoms with Crippen LogP contribution in [-0.4, -0.2) is 41.6 Å². The molecule has 0 saturated carbocycles. The number of carbonyl (C=O) groups excluding carboxylic acids is 1. The Morgan fingerprint density at radius 3 is 2.17 bits per heavy atom. The van der Waals surface area contributed by atoms with Crippen LogP contribution in [-0.2, 0) is 22.4 Å². The molecule has 3 atom stereocenters. The van der Waals surface area contributed by atoms with Crippen molar-refractivity contribution in [1.29, 1.82) is 0 Å². The van der Waals surface area contributed by atoms with Crippen molar-refractivity contribution < 1.29 is 28.9 Å². The van der Waals surface area contributed by atoms with Crippen molar-refractivity contribution in [3.05, 3.63) is 53.6 Å². The second-order valence-corrected chi connectivity index (χ2v) is 15.2. The zero-order chi connectivity index (χ0) is 33.9. The molecule has 0 aliphatic heterocycles. The number of hydrogen-bond donors (Lipinski definition) is 2. The van der Waals surface area contributed by atoms with Gasteiger partial charge in [0.15, 0.2) is 0 Å². The fraction of sp³-hybridized carbons (Fsp3) is 0.625.